The van der Waals surface area contributed by atoms with Crippen molar-refractivity contribution in [2.45, 2.75) is 6.92 Å². The van der Waals surface area contributed by atoms with Gasteiger partial charge in [-0.15, -0.1) is 0 Å². The van der Waals surface area contributed by atoms with E-state index in [1.54, 1.807) is 25.1 Å². The highest BCUT2D eigenvalue weighted by Gasteiger charge is 2.18. The van der Waals surface area contributed by atoms with Crippen LogP contribution >= 0.6 is 0 Å². The van der Waals surface area contributed by atoms with Crippen LogP contribution in [0.25, 0.3) is 16.9 Å². The molecule has 2 aromatic carbocycles. The Labute approximate surface area is 127 Å². The zero-order valence-electron chi connectivity index (χ0n) is 12.0. The summed E-state index contributed by atoms with van der Waals surface area (Å²) in [5, 5.41) is 9.37. The standard InChI is InChI=1S/C18H14FNO2/c1-12-16(18(21)22)11-17(13-5-3-2-4-6-13)20(12)15-9-7-14(19)8-10-15/h2-11H,1H3,(H,21,22). The van der Waals surface area contributed by atoms with Gasteiger partial charge in [-0.3, -0.25) is 0 Å². The monoisotopic (exact) mass is 295 g/mol. The van der Waals surface area contributed by atoms with Crippen molar-refractivity contribution >= 4 is 5.97 Å². The van der Waals surface area contributed by atoms with E-state index in [0.29, 0.717) is 5.69 Å². The molecule has 0 saturated heterocycles. The molecule has 0 aliphatic rings. The molecule has 0 radical (unpaired) electrons. The molecule has 3 rings (SSSR count). The van der Waals surface area contributed by atoms with Crippen molar-refractivity contribution in [2.75, 3.05) is 0 Å². The second kappa shape index (κ2) is 5.48. The van der Waals surface area contributed by atoms with Crippen molar-refractivity contribution < 1.29 is 14.3 Å². The molecule has 1 N–H and O–H groups in total. The summed E-state index contributed by atoms with van der Waals surface area (Å²) >= 11 is 0. The molecule has 4 heteroatoms. The third-order valence-electron chi connectivity index (χ3n) is 3.63. The maximum Gasteiger partial charge on any atom is 0.337 e. The fourth-order valence-corrected chi connectivity index (χ4v) is 2.57. The highest BCUT2D eigenvalue weighted by molar-refractivity contribution is 5.91. The lowest BCUT2D eigenvalue weighted by molar-refractivity contribution is 0.0696. The number of nitrogens with zero attached hydrogens (tertiary/aromatic N) is 1. The predicted molar refractivity (Wildman–Crippen MR) is 82.9 cm³/mol. The minimum absolute atomic E-state index is 0.239. The molecule has 0 aliphatic carbocycles. The van der Waals surface area contributed by atoms with Crippen LogP contribution in [0.2, 0.25) is 0 Å². The molecule has 110 valence electrons. The maximum atomic E-state index is 13.2. The summed E-state index contributed by atoms with van der Waals surface area (Å²) in [6, 6.07) is 17.2. The Morgan fingerprint density at radius 2 is 1.68 bits per heavy atom. The molecule has 0 amide bonds. The van der Waals surface area contributed by atoms with Gasteiger partial charge in [-0.1, -0.05) is 30.3 Å². The van der Waals surface area contributed by atoms with Crippen molar-refractivity contribution in [3.05, 3.63) is 77.7 Å². The third-order valence-corrected chi connectivity index (χ3v) is 3.63. The number of hydrogen-bond acceptors (Lipinski definition) is 1. The van der Waals surface area contributed by atoms with Crippen LogP contribution in [0.3, 0.4) is 0 Å². The van der Waals surface area contributed by atoms with Gasteiger partial charge in [-0.25, -0.2) is 9.18 Å². The fraction of sp³-hybridized carbons (Fsp3) is 0.0556. The number of hydrogen-bond donors (Lipinski definition) is 1. The average molecular weight is 295 g/mol. The first-order chi connectivity index (χ1) is 10.6. The van der Waals surface area contributed by atoms with Crippen molar-refractivity contribution in [1.29, 1.82) is 0 Å². The predicted octanol–water partition coefficient (Wildman–Crippen LogP) is 4.29. The van der Waals surface area contributed by atoms with E-state index >= 15 is 0 Å². The Kier molecular flexibility index (Phi) is 3.51. The maximum absolute atomic E-state index is 13.2. The van der Waals surface area contributed by atoms with Gasteiger partial charge in [0.1, 0.15) is 5.82 Å². The molecular formula is C18H14FNO2. The lowest BCUT2D eigenvalue weighted by Crippen LogP contribution is -2.02. The van der Waals surface area contributed by atoms with Crippen molar-refractivity contribution in [2.24, 2.45) is 0 Å². The molecule has 3 aromatic rings. The molecule has 0 spiro atoms. The summed E-state index contributed by atoms with van der Waals surface area (Å²) in [6.45, 7) is 1.75. The number of aromatic nitrogens is 1. The molecular weight excluding hydrogens is 281 g/mol. The van der Waals surface area contributed by atoms with E-state index < -0.39 is 5.97 Å². The second-order valence-electron chi connectivity index (χ2n) is 5.01. The molecule has 0 aliphatic heterocycles. The topological polar surface area (TPSA) is 42.2 Å². The molecule has 22 heavy (non-hydrogen) atoms. The van der Waals surface area contributed by atoms with Crippen LogP contribution in [-0.2, 0) is 0 Å². The van der Waals surface area contributed by atoms with Crippen LogP contribution in [0.5, 0.6) is 0 Å². The van der Waals surface area contributed by atoms with E-state index in [1.165, 1.54) is 12.1 Å². The average Bonchev–Trinajstić information content (AvgIpc) is 2.87. The third kappa shape index (κ3) is 2.39. The molecule has 0 unspecified atom stereocenters. The molecule has 0 atom stereocenters. The van der Waals surface area contributed by atoms with E-state index in [0.717, 1.165) is 16.9 Å². The largest absolute Gasteiger partial charge is 0.478 e. The SMILES string of the molecule is Cc1c(C(=O)O)cc(-c2ccccc2)n1-c1ccc(F)cc1. The van der Waals surface area contributed by atoms with Crippen LogP contribution < -0.4 is 0 Å². The normalized spacial score (nSPS) is 10.6. The van der Waals surface area contributed by atoms with Gasteiger partial charge in [-0.2, -0.15) is 0 Å². The Hall–Kier alpha value is -2.88. The minimum atomic E-state index is -0.976. The Morgan fingerprint density at radius 1 is 1.05 bits per heavy atom. The van der Waals surface area contributed by atoms with Crippen LogP contribution in [0.4, 0.5) is 4.39 Å². The molecule has 1 aromatic heterocycles. The molecule has 1 heterocycles. The van der Waals surface area contributed by atoms with E-state index in [9.17, 15) is 14.3 Å². The van der Waals surface area contributed by atoms with E-state index in [-0.39, 0.29) is 11.4 Å². The number of aromatic carboxylic acids is 1. The van der Waals surface area contributed by atoms with Gasteiger partial charge in [0.2, 0.25) is 0 Å². The summed E-state index contributed by atoms with van der Waals surface area (Å²) in [5.74, 6) is -1.30. The van der Waals surface area contributed by atoms with Crippen LogP contribution in [0, 0.1) is 12.7 Å². The quantitative estimate of drug-likeness (QED) is 0.783. The second-order valence-corrected chi connectivity index (χ2v) is 5.01. The number of carboxylic acids is 1. The first-order valence-corrected chi connectivity index (χ1v) is 6.85. The van der Waals surface area contributed by atoms with Crippen LogP contribution in [0.1, 0.15) is 16.1 Å². The van der Waals surface area contributed by atoms with E-state index in [2.05, 4.69) is 0 Å². The van der Waals surface area contributed by atoms with Gasteiger partial charge >= 0.3 is 5.97 Å². The molecule has 0 fully saturated rings. The zero-order valence-corrected chi connectivity index (χ0v) is 12.0. The first-order valence-electron chi connectivity index (χ1n) is 6.85. The zero-order chi connectivity index (χ0) is 15.7. The Balaban J connectivity index is 2.27. The lowest BCUT2D eigenvalue weighted by atomic mass is 10.1. The highest BCUT2D eigenvalue weighted by Crippen LogP contribution is 2.29. The van der Waals surface area contributed by atoms with Crippen LogP contribution in [0.15, 0.2) is 60.7 Å². The Morgan fingerprint density at radius 3 is 2.27 bits per heavy atom. The van der Waals surface area contributed by atoms with Gasteiger partial charge in [-0.05, 0) is 42.8 Å². The van der Waals surface area contributed by atoms with Gasteiger partial charge in [0.25, 0.3) is 0 Å². The molecule has 3 nitrogen and oxygen atoms in total. The van der Waals surface area contributed by atoms with E-state index in [1.807, 2.05) is 34.9 Å². The summed E-state index contributed by atoms with van der Waals surface area (Å²) < 4.78 is 15.0. The summed E-state index contributed by atoms with van der Waals surface area (Å²) in [7, 11) is 0. The smallest absolute Gasteiger partial charge is 0.337 e. The molecule has 0 saturated carbocycles. The Bertz CT molecular complexity index is 820. The van der Waals surface area contributed by atoms with Gasteiger partial charge in [0, 0.05) is 11.4 Å². The minimum Gasteiger partial charge on any atom is -0.478 e. The number of benzene rings is 2. The number of carboxylic acid groups (broad SMARTS) is 1. The van der Waals surface area contributed by atoms with Gasteiger partial charge in [0.15, 0.2) is 0 Å². The summed E-state index contributed by atoms with van der Waals surface area (Å²) in [6.07, 6.45) is 0. The highest BCUT2D eigenvalue weighted by atomic mass is 19.1. The summed E-state index contributed by atoms with van der Waals surface area (Å²) in [4.78, 5) is 11.4. The number of rotatable bonds is 3. The van der Waals surface area contributed by atoms with Crippen molar-refractivity contribution in [3.8, 4) is 16.9 Å². The van der Waals surface area contributed by atoms with E-state index in [4.69, 9.17) is 0 Å². The van der Waals surface area contributed by atoms with Crippen molar-refractivity contribution in [1.82, 2.24) is 4.57 Å². The first kappa shape index (κ1) is 14.1. The summed E-state index contributed by atoms with van der Waals surface area (Å²) in [5.41, 5.74) is 3.25. The van der Waals surface area contributed by atoms with Crippen LogP contribution in [-0.4, -0.2) is 15.6 Å². The van der Waals surface area contributed by atoms with Gasteiger partial charge < -0.3 is 9.67 Å². The van der Waals surface area contributed by atoms with Crippen molar-refractivity contribution in [3.63, 3.8) is 0 Å². The fourth-order valence-electron chi connectivity index (χ4n) is 2.57. The molecule has 0 bridgehead atoms. The van der Waals surface area contributed by atoms with Gasteiger partial charge in [0.05, 0.1) is 11.3 Å². The number of halogens is 1. The number of carbonyl (C=O) groups is 1. The lowest BCUT2D eigenvalue weighted by Gasteiger charge is -2.12.